The molecule has 1 aromatic rings. The lowest BCUT2D eigenvalue weighted by Crippen LogP contribution is -2.54. The van der Waals surface area contributed by atoms with E-state index in [-0.39, 0.29) is 30.8 Å². The zero-order chi connectivity index (χ0) is 27.1. The van der Waals surface area contributed by atoms with Crippen LogP contribution in [-0.4, -0.2) is 55.5 Å². The molecule has 1 aliphatic carbocycles. The van der Waals surface area contributed by atoms with Crippen LogP contribution in [0.2, 0.25) is 0 Å². The fourth-order valence-electron chi connectivity index (χ4n) is 5.16. The van der Waals surface area contributed by atoms with Gasteiger partial charge in [-0.25, -0.2) is 0 Å². The van der Waals surface area contributed by atoms with Gasteiger partial charge < -0.3 is 14.4 Å². The third-order valence-corrected chi connectivity index (χ3v) is 7.53. The number of ether oxygens (including phenoxy) is 2. The molecule has 36 heavy (non-hydrogen) atoms. The van der Waals surface area contributed by atoms with Crippen molar-refractivity contribution in [3.8, 4) is 5.75 Å². The zero-order valence-electron chi connectivity index (χ0n) is 21.6. The highest BCUT2D eigenvalue weighted by molar-refractivity contribution is 6.18. The number of nitrogens with zero attached hydrogens (tertiary/aromatic N) is 1. The second kappa shape index (κ2) is 12.7. The van der Waals surface area contributed by atoms with Gasteiger partial charge in [0.05, 0.1) is 13.5 Å². The van der Waals surface area contributed by atoms with Gasteiger partial charge >= 0.3 is 11.9 Å². The zero-order valence-corrected chi connectivity index (χ0v) is 23.1. The molecule has 7 nitrogen and oxygen atoms in total. The molecule has 0 fully saturated rings. The van der Waals surface area contributed by atoms with E-state index in [9.17, 15) is 19.2 Å². The van der Waals surface area contributed by atoms with Gasteiger partial charge in [0.2, 0.25) is 0 Å². The number of carbonyl (C=O) groups excluding carboxylic acids is 4. The Morgan fingerprint density at radius 2 is 1.64 bits per heavy atom. The normalized spacial score (nSPS) is 20.1. The highest BCUT2D eigenvalue weighted by Gasteiger charge is 2.57. The summed E-state index contributed by atoms with van der Waals surface area (Å²) in [5.74, 6) is -0.909. The monoisotopic (exact) mass is 539 g/mol. The predicted octanol–water partition coefficient (Wildman–Crippen LogP) is 4.97. The van der Waals surface area contributed by atoms with Crippen LogP contribution in [0.1, 0.15) is 47.0 Å². The standard InChI is InChI=1S/C27H35Cl2NO6/c1-18-16-22(31)27(19(2)25(18)34,11-10-23(32)35-5)26(3,4)17-24(33)36-21-8-6-20(7-9-21)30(14-12-28)15-13-29/h6-9,16,19H,10-15,17H2,1-5H3. The summed E-state index contributed by atoms with van der Waals surface area (Å²) in [5.41, 5.74) is -0.971. The van der Waals surface area contributed by atoms with Gasteiger partial charge in [0.25, 0.3) is 0 Å². The summed E-state index contributed by atoms with van der Waals surface area (Å²) in [5, 5.41) is 0. The molecule has 0 saturated heterocycles. The van der Waals surface area contributed by atoms with Crippen LogP contribution in [0.5, 0.6) is 5.75 Å². The lowest BCUT2D eigenvalue weighted by Gasteiger charge is -2.49. The summed E-state index contributed by atoms with van der Waals surface area (Å²) in [6.45, 7) is 8.09. The molecule has 198 valence electrons. The van der Waals surface area contributed by atoms with Crippen LogP contribution in [-0.2, 0) is 23.9 Å². The smallest absolute Gasteiger partial charge is 0.311 e. The Hall–Kier alpha value is -2.38. The summed E-state index contributed by atoms with van der Waals surface area (Å²) in [6, 6.07) is 7.02. The van der Waals surface area contributed by atoms with Crippen molar-refractivity contribution in [1.82, 2.24) is 0 Å². The number of benzene rings is 1. The van der Waals surface area contributed by atoms with Crippen molar-refractivity contribution in [2.75, 3.05) is 36.9 Å². The fraction of sp³-hybridized carbons (Fsp3) is 0.556. The summed E-state index contributed by atoms with van der Waals surface area (Å²) in [4.78, 5) is 53.4. The molecule has 2 atom stereocenters. The van der Waals surface area contributed by atoms with E-state index >= 15 is 0 Å². The van der Waals surface area contributed by atoms with Crippen LogP contribution in [0.4, 0.5) is 5.69 Å². The Morgan fingerprint density at radius 1 is 1.06 bits per heavy atom. The number of allylic oxidation sites excluding steroid dienone is 2. The second-order valence-corrected chi connectivity index (χ2v) is 10.5. The van der Waals surface area contributed by atoms with Crippen LogP contribution in [0.3, 0.4) is 0 Å². The molecule has 0 aromatic heterocycles. The maximum atomic E-state index is 13.4. The highest BCUT2D eigenvalue weighted by atomic mass is 35.5. The average molecular weight is 540 g/mol. The molecular formula is C27H35Cl2NO6. The lowest BCUT2D eigenvalue weighted by atomic mass is 9.51. The van der Waals surface area contributed by atoms with Gasteiger partial charge in [0.1, 0.15) is 5.75 Å². The summed E-state index contributed by atoms with van der Waals surface area (Å²) >= 11 is 11.8. The number of hydrogen-bond donors (Lipinski definition) is 0. The molecule has 0 amide bonds. The molecule has 1 aliphatic rings. The molecule has 0 bridgehead atoms. The number of halogens is 2. The molecule has 9 heteroatoms. The number of ketones is 2. The first kappa shape index (κ1) is 29.8. The highest BCUT2D eigenvalue weighted by Crippen LogP contribution is 2.54. The van der Waals surface area contributed by atoms with Gasteiger partial charge in [-0.3, -0.25) is 19.2 Å². The minimum Gasteiger partial charge on any atom is -0.469 e. The van der Waals surface area contributed by atoms with Crippen molar-refractivity contribution in [2.24, 2.45) is 16.7 Å². The molecule has 2 unspecified atom stereocenters. The molecule has 0 radical (unpaired) electrons. The predicted molar refractivity (Wildman–Crippen MR) is 141 cm³/mol. The molecule has 2 rings (SSSR count). The van der Waals surface area contributed by atoms with E-state index in [0.717, 1.165) is 5.69 Å². The van der Waals surface area contributed by atoms with E-state index < -0.39 is 28.7 Å². The van der Waals surface area contributed by atoms with E-state index in [4.69, 9.17) is 32.7 Å². The van der Waals surface area contributed by atoms with Crippen LogP contribution < -0.4 is 9.64 Å². The number of Topliss-reactive ketones (excluding diaryl/α,β-unsaturated/α-hetero) is 1. The van der Waals surface area contributed by atoms with E-state index in [1.807, 2.05) is 17.0 Å². The van der Waals surface area contributed by atoms with Crippen molar-refractivity contribution in [3.63, 3.8) is 0 Å². The maximum absolute atomic E-state index is 13.4. The van der Waals surface area contributed by atoms with Crippen LogP contribution >= 0.6 is 23.2 Å². The molecular weight excluding hydrogens is 505 g/mol. The third kappa shape index (κ3) is 6.48. The molecule has 1 aromatic carbocycles. The van der Waals surface area contributed by atoms with E-state index in [0.29, 0.717) is 36.2 Å². The van der Waals surface area contributed by atoms with E-state index in [2.05, 4.69) is 0 Å². The summed E-state index contributed by atoms with van der Waals surface area (Å²) in [7, 11) is 1.27. The third-order valence-electron chi connectivity index (χ3n) is 7.20. The molecule has 0 saturated carbocycles. The van der Waals surface area contributed by atoms with E-state index in [1.165, 1.54) is 13.2 Å². The fourth-order valence-corrected chi connectivity index (χ4v) is 5.57. The SMILES string of the molecule is COC(=O)CCC1(C(C)(C)CC(=O)Oc2ccc(N(CCCl)CCCl)cc2)C(=O)C=C(C)C(=O)C1C. The minimum atomic E-state index is -1.26. The van der Waals surface area contributed by atoms with Gasteiger partial charge in [0.15, 0.2) is 11.6 Å². The van der Waals surface area contributed by atoms with Crippen molar-refractivity contribution in [2.45, 2.75) is 47.0 Å². The number of esters is 2. The second-order valence-electron chi connectivity index (χ2n) is 9.72. The topological polar surface area (TPSA) is 90.0 Å². The van der Waals surface area contributed by atoms with Crippen LogP contribution in [0.15, 0.2) is 35.9 Å². The molecule has 0 N–H and O–H groups in total. The first-order chi connectivity index (χ1) is 16.9. The maximum Gasteiger partial charge on any atom is 0.311 e. The number of carbonyl (C=O) groups is 4. The number of methoxy groups -OCH3 is 1. The van der Waals surface area contributed by atoms with Crippen molar-refractivity contribution in [1.29, 1.82) is 0 Å². The van der Waals surface area contributed by atoms with Crippen LogP contribution in [0, 0.1) is 16.7 Å². The molecule has 0 heterocycles. The number of hydrogen-bond acceptors (Lipinski definition) is 7. The largest absolute Gasteiger partial charge is 0.469 e. The Morgan fingerprint density at radius 3 is 2.17 bits per heavy atom. The Labute approximate surface area is 223 Å². The van der Waals surface area contributed by atoms with Crippen LogP contribution in [0.25, 0.3) is 0 Å². The van der Waals surface area contributed by atoms with Gasteiger partial charge in [-0.05, 0) is 54.7 Å². The number of anilines is 1. The van der Waals surface area contributed by atoms with Gasteiger partial charge in [-0.2, -0.15) is 0 Å². The van der Waals surface area contributed by atoms with Gasteiger partial charge in [-0.1, -0.05) is 20.8 Å². The van der Waals surface area contributed by atoms with Gasteiger partial charge in [0, 0.05) is 48.3 Å². The summed E-state index contributed by atoms with van der Waals surface area (Å²) in [6.07, 6.45) is 1.24. The first-order valence-electron chi connectivity index (χ1n) is 11.9. The Kier molecular flexibility index (Phi) is 10.6. The Bertz CT molecular complexity index is 998. The molecule has 0 aliphatic heterocycles. The first-order valence-corrected chi connectivity index (χ1v) is 13.0. The number of rotatable bonds is 12. The van der Waals surface area contributed by atoms with E-state index in [1.54, 1.807) is 39.8 Å². The van der Waals surface area contributed by atoms with Crippen molar-refractivity contribution in [3.05, 3.63) is 35.9 Å². The average Bonchev–Trinajstić information content (AvgIpc) is 2.82. The lowest BCUT2D eigenvalue weighted by molar-refractivity contribution is -0.154. The summed E-state index contributed by atoms with van der Waals surface area (Å²) < 4.78 is 10.4. The van der Waals surface area contributed by atoms with Crippen molar-refractivity contribution < 1.29 is 28.7 Å². The Balaban J connectivity index is 2.27. The molecule has 0 spiro atoms. The van der Waals surface area contributed by atoms with Gasteiger partial charge in [-0.15, -0.1) is 23.2 Å². The quantitative estimate of drug-likeness (QED) is 0.210. The number of alkyl halides is 2. The minimum absolute atomic E-state index is 0.0478. The van der Waals surface area contributed by atoms with Crippen molar-refractivity contribution >= 4 is 52.4 Å².